The summed E-state index contributed by atoms with van der Waals surface area (Å²) in [7, 11) is -4.21. The van der Waals surface area contributed by atoms with Crippen molar-refractivity contribution in [3.63, 3.8) is 0 Å². The van der Waals surface area contributed by atoms with Crippen LogP contribution >= 0.6 is 0 Å². The van der Waals surface area contributed by atoms with E-state index in [0.717, 1.165) is 21.9 Å². The first-order valence-electron chi connectivity index (χ1n) is 16.2. The lowest BCUT2D eigenvalue weighted by molar-refractivity contribution is -0.139. The van der Waals surface area contributed by atoms with Gasteiger partial charge in [0, 0.05) is 24.7 Å². The van der Waals surface area contributed by atoms with Crippen molar-refractivity contribution in [1.82, 2.24) is 19.9 Å². The molecule has 0 bridgehead atoms. The van der Waals surface area contributed by atoms with Gasteiger partial charge >= 0.3 is 12.1 Å². The second-order valence-corrected chi connectivity index (χ2v) is 14.0. The fourth-order valence-corrected chi connectivity index (χ4v) is 7.74. The lowest BCUT2D eigenvalue weighted by Crippen LogP contribution is -2.49. The van der Waals surface area contributed by atoms with Crippen molar-refractivity contribution in [1.29, 1.82) is 0 Å². The molecule has 14 heteroatoms. The Balaban J connectivity index is 1.18. The summed E-state index contributed by atoms with van der Waals surface area (Å²) in [6, 6.07) is 20.5. The molecule has 1 saturated heterocycles. The summed E-state index contributed by atoms with van der Waals surface area (Å²) < 4.78 is 39.9. The van der Waals surface area contributed by atoms with Crippen molar-refractivity contribution in [3.05, 3.63) is 101 Å². The summed E-state index contributed by atoms with van der Waals surface area (Å²) in [5.74, 6) is -1.45. The highest BCUT2D eigenvalue weighted by Crippen LogP contribution is 2.24. The number of carboxylic acid groups (broad SMARTS) is 1. The van der Waals surface area contributed by atoms with E-state index in [1.165, 1.54) is 0 Å². The second kappa shape index (κ2) is 16.1. The highest BCUT2D eigenvalue weighted by atomic mass is 32.2. The molecule has 5 rings (SSSR count). The zero-order valence-corrected chi connectivity index (χ0v) is 28.9. The Labute approximate surface area is 291 Å². The molecule has 0 unspecified atom stereocenters. The van der Waals surface area contributed by atoms with Crippen molar-refractivity contribution in [2.75, 3.05) is 31.6 Å². The van der Waals surface area contributed by atoms with Gasteiger partial charge in [-0.05, 0) is 55.3 Å². The first-order chi connectivity index (χ1) is 23.9. The minimum Gasteiger partial charge on any atom is -0.480 e. The molecule has 1 aliphatic rings. The van der Waals surface area contributed by atoms with Gasteiger partial charge in [-0.2, -0.15) is 4.72 Å². The predicted molar refractivity (Wildman–Crippen MR) is 187 cm³/mol. The molecule has 264 valence electrons. The van der Waals surface area contributed by atoms with E-state index in [9.17, 15) is 27.9 Å². The van der Waals surface area contributed by atoms with Gasteiger partial charge in [-0.3, -0.25) is 9.59 Å². The quantitative estimate of drug-likeness (QED) is 0.151. The molecule has 2 heterocycles. The number of aryl methyl sites for hydroxylation is 3. The summed E-state index contributed by atoms with van der Waals surface area (Å²) in [5.41, 5.74) is 2.67. The molecule has 50 heavy (non-hydrogen) atoms. The van der Waals surface area contributed by atoms with Crippen molar-refractivity contribution in [2.24, 2.45) is 0 Å². The largest absolute Gasteiger partial charge is 0.480 e. The summed E-state index contributed by atoms with van der Waals surface area (Å²) in [4.78, 5) is 44.0. The summed E-state index contributed by atoms with van der Waals surface area (Å²) in [6.07, 6.45) is 1.11. The van der Waals surface area contributed by atoms with Crippen LogP contribution in [-0.2, 0) is 35.7 Å². The van der Waals surface area contributed by atoms with Gasteiger partial charge in [-0.1, -0.05) is 72.3 Å². The number of fused-ring (bicyclic) bond motifs is 1. The van der Waals surface area contributed by atoms with E-state index in [4.69, 9.17) is 9.47 Å². The number of ether oxygens (including phenoxy) is 2. The number of aliphatic carboxylic acids is 1. The molecule has 0 spiro atoms. The maximum absolute atomic E-state index is 13.2. The Kier molecular flexibility index (Phi) is 11.7. The Bertz CT molecular complexity index is 1930. The molecule has 0 saturated carbocycles. The monoisotopic (exact) mass is 703 g/mol. The number of aromatic nitrogens is 1. The molecule has 1 aliphatic heterocycles. The fraction of sp³-hybridized carbons (Fsp3) is 0.333. The highest BCUT2D eigenvalue weighted by molar-refractivity contribution is 7.89. The molecular weight excluding hydrogens is 662 g/mol. The first-order valence-corrected chi connectivity index (χ1v) is 17.6. The summed E-state index contributed by atoms with van der Waals surface area (Å²) in [6.45, 7) is 4.77. The van der Waals surface area contributed by atoms with Crippen LogP contribution in [0.15, 0.2) is 83.9 Å². The lowest BCUT2D eigenvalue weighted by Gasteiger charge is -2.24. The van der Waals surface area contributed by atoms with Gasteiger partial charge in [0.15, 0.2) is 0 Å². The maximum atomic E-state index is 13.2. The minimum atomic E-state index is -4.21. The third-order valence-corrected chi connectivity index (χ3v) is 10.2. The van der Waals surface area contributed by atoms with Gasteiger partial charge in [0.1, 0.15) is 25.1 Å². The van der Waals surface area contributed by atoms with Gasteiger partial charge in [0.2, 0.25) is 15.9 Å². The molecule has 3 atom stereocenters. The van der Waals surface area contributed by atoms with Crippen molar-refractivity contribution in [3.8, 4) is 0 Å². The summed E-state index contributed by atoms with van der Waals surface area (Å²) in [5, 5.41) is 17.5. The number of benzene rings is 3. The number of hydrogen-bond donors (Lipinski definition) is 4. The number of sulfonamides is 1. The fourth-order valence-electron chi connectivity index (χ4n) is 6.09. The minimum absolute atomic E-state index is 0.00228. The highest BCUT2D eigenvalue weighted by Gasteiger charge is 2.37. The van der Waals surface area contributed by atoms with Gasteiger partial charge < -0.3 is 30.1 Å². The zero-order chi connectivity index (χ0) is 35.8. The van der Waals surface area contributed by atoms with E-state index in [2.05, 4.69) is 20.3 Å². The van der Waals surface area contributed by atoms with Crippen LogP contribution in [0.1, 0.15) is 28.7 Å². The average Bonchev–Trinajstić information content (AvgIpc) is 3.50. The third-order valence-electron chi connectivity index (χ3n) is 8.39. The van der Waals surface area contributed by atoms with E-state index in [0.29, 0.717) is 29.9 Å². The SMILES string of the molecule is Cc1cc(C)c(S(=O)(=O)N[C@@H](CNC(=O)CO[C@@H]2C[C@@H](CNc3cc4ccccc4cn3)N(C(=O)OCc3ccccc3)C2)C(=O)O)c(C)c1. The molecule has 1 fully saturated rings. The maximum Gasteiger partial charge on any atom is 0.410 e. The van der Waals surface area contributed by atoms with Crippen LogP contribution in [0.3, 0.4) is 0 Å². The van der Waals surface area contributed by atoms with E-state index < -0.39 is 53.3 Å². The number of likely N-dealkylation sites (tertiary alicyclic amines) is 1. The Morgan fingerprint density at radius 2 is 1.66 bits per heavy atom. The van der Waals surface area contributed by atoms with Gasteiger partial charge in [-0.15, -0.1) is 0 Å². The molecule has 4 N–H and O–H groups in total. The normalized spacial score (nSPS) is 16.6. The van der Waals surface area contributed by atoms with Crippen LogP contribution in [0.2, 0.25) is 0 Å². The van der Waals surface area contributed by atoms with E-state index in [1.807, 2.05) is 67.6 Å². The topological polar surface area (TPSA) is 176 Å². The molecule has 3 aromatic carbocycles. The molecule has 4 aromatic rings. The molecule has 2 amide bonds. The number of carbonyl (C=O) groups is 3. The van der Waals surface area contributed by atoms with Gasteiger partial charge in [0.05, 0.1) is 23.6 Å². The lowest BCUT2D eigenvalue weighted by atomic mass is 10.1. The van der Waals surface area contributed by atoms with E-state index in [1.54, 1.807) is 37.1 Å². The van der Waals surface area contributed by atoms with Crippen molar-refractivity contribution in [2.45, 2.75) is 56.9 Å². The molecule has 13 nitrogen and oxygen atoms in total. The standard InChI is InChI=1S/C36H41N5O8S/c1-23-13-24(2)34(25(3)14-23)50(46,47)40-31(35(43)44)19-39-33(42)22-48-30-16-29(18-38-32-15-27-11-7-8-12-28(27)17-37-32)41(20-30)36(45)49-21-26-9-5-4-6-10-26/h4-15,17,29-31,40H,16,18-22H2,1-3H3,(H,37,38)(H,39,42)(H,43,44)/t29-,30+,31-/m0/s1. The first kappa shape index (κ1) is 36.2. The van der Waals surface area contributed by atoms with Crippen LogP contribution in [0.5, 0.6) is 0 Å². The average molecular weight is 704 g/mol. The van der Waals surface area contributed by atoms with Crippen molar-refractivity contribution < 1.29 is 37.4 Å². The number of anilines is 1. The number of carboxylic acids is 1. The summed E-state index contributed by atoms with van der Waals surface area (Å²) >= 11 is 0. The van der Waals surface area contributed by atoms with Gasteiger partial charge in [-0.25, -0.2) is 18.2 Å². The number of rotatable bonds is 14. The number of hydrogen-bond acceptors (Lipinski definition) is 9. The molecule has 0 aliphatic carbocycles. The Morgan fingerprint density at radius 3 is 2.36 bits per heavy atom. The van der Waals surface area contributed by atoms with E-state index >= 15 is 0 Å². The number of carbonyl (C=O) groups excluding carboxylic acids is 2. The molecular formula is C36H41N5O8S. The molecule has 1 aromatic heterocycles. The van der Waals surface area contributed by atoms with E-state index in [-0.39, 0.29) is 24.1 Å². The van der Waals surface area contributed by atoms with Crippen LogP contribution in [0.25, 0.3) is 10.8 Å². The molecule has 0 radical (unpaired) electrons. The zero-order valence-electron chi connectivity index (χ0n) is 28.1. The van der Waals surface area contributed by atoms with Crippen LogP contribution in [0, 0.1) is 20.8 Å². The third kappa shape index (κ3) is 9.34. The number of nitrogens with zero attached hydrogens (tertiary/aromatic N) is 2. The van der Waals surface area contributed by atoms with Crippen LogP contribution < -0.4 is 15.4 Å². The predicted octanol–water partition coefficient (Wildman–Crippen LogP) is 3.92. The number of nitrogens with one attached hydrogen (secondary N) is 3. The number of amides is 2. The second-order valence-electron chi connectivity index (χ2n) is 12.4. The van der Waals surface area contributed by atoms with Gasteiger partial charge in [0.25, 0.3) is 0 Å². The number of pyridine rings is 1. The van der Waals surface area contributed by atoms with Crippen molar-refractivity contribution >= 4 is 44.6 Å². The smallest absolute Gasteiger partial charge is 0.410 e. The van der Waals surface area contributed by atoms with Crippen LogP contribution in [-0.4, -0.2) is 85.8 Å². The van der Waals surface area contributed by atoms with Crippen LogP contribution in [0.4, 0.5) is 10.6 Å². The Morgan fingerprint density at radius 1 is 0.980 bits per heavy atom. The Hall–Kier alpha value is -5.05.